The third-order valence-electron chi connectivity index (χ3n) is 6.09. The van der Waals surface area contributed by atoms with E-state index >= 15 is 0 Å². The van der Waals surface area contributed by atoms with Crippen molar-refractivity contribution in [3.63, 3.8) is 0 Å². The van der Waals surface area contributed by atoms with Gasteiger partial charge in [-0.05, 0) is 49.1 Å². The van der Waals surface area contributed by atoms with E-state index in [9.17, 15) is 13.6 Å². The highest BCUT2D eigenvalue weighted by Gasteiger charge is 2.25. The van der Waals surface area contributed by atoms with E-state index in [1.165, 1.54) is 23.0 Å². The van der Waals surface area contributed by atoms with Gasteiger partial charge in [-0.15, -0.1) is 0 Å². The molecule has 33 heavy (non-hydrogen) atoms. The van der Waals surface area contributed by atoms with Crippen molar-refractivity contribution in [3.05, 3.63) is 71.0 Å². The van der Waals surface area contributed by atoms with Crippen LogP contribution in [-0.2, 0) is 13.6 Å². The van der Waals surface area contributed by atoms with Gasteiger partial charge in [0.1, 0.15) is 11.2 Å². The zero-order chi connectivity index (χ0) is 22.7. The fourth-order valence-corrected chi connectivity index (χ4v) is 4.29. The van der Waals surface area contributed by atoms with Crippen LogP contribution < -0.4 is 5.56 Å². The first kappa shape index (κ1) is 19.8. The molecule has 0 saturated heterocycles. The Hall–Kier alpha value is -3.88. The molecule has 1 aliphatic rings. The van der Waals surface area contributed by atoms with Crippen molar-refractivity contribution < 1.29 is 8.78 Å². The number of aryl methyl sites for hydroxylation is 1. The molecule has 0 amide bonds. The third-order valence-corrected chi connectivity index (χ3v) is 6.09. The first-order valence-corrected chi connectivity index (χ1v) is 10.8. The molecule has 1 aliphatic carbocycles. The summed E-state index contributed by atoms with van der Waals surface area (Å²) in [5.41, 5.74) is 3.04. The van der Waals surface area contributed by atoms with E-state index in [1.54, 1.807) is 10.7 Å². The molecule has 0 atom stereocenters. The van der Waals surface area contributed by atoms with Crippen LogP contribution in [0.3, 0.4) is 0 Å². The van der Waals surface area contributed by atoms with Gasteiger partial charge >= 0.3 is 0 Å². The minimum absolute atomic E-state index is 0.320. The molecule has 1 fully saturated rings. The first-order valence-electron chi connectivity index (χ1n) is 10.8. The van der Waals surface area contributed by atoms with Crippen LogP contribution in [0, 0.1) is 5.92 Å². The van der Waals surface area contributed by atoms with E-state index in [0.717, 1.165) is 30.3 Å². The van der Waals surface area contributed by atoms with Crippen LogP contribution in [0.1, 0.15) is 25.0 Å². The van der Waals surface area contributed by atoms with Gasteiger partial charge in [0.25, 0.3) is 12.0 Å². The Morgan fingerprint density at radius 2 is 1.94 bits per heavy atom. The lowest BCUT2D eigenvalue weighted by molar-refractivity contribution is 0.146. The molecule has 6 rings (SSSR count). The van der Waals surface area contributed by atoms with E-state index in [2.05, 4.69) is 15.2 Å². The lowest BCUT2D eigenvalue weighted by atomic mass is 10.1. The van der Waals surface area contributed by atoms with Crippen molar-refractivity contribution in [1.29, 1.82) is 0 Å². The molecule has 166 valence electrons. The fraction of sp³-hybridized carbons (Fsp3) is 0.250. The number of hydrogen-bond donors (Lipinski definition) is 0. The Kier molecular flexibility index (Phi) is 4.39. The molecular formula is C24H20F2N6O. The van der Waals surface area contributed by atoms with E-state index in [1.807, 2.05) is 42.2 Å². The van der Waals surface area contributed by atoms with E-state index in [4.69, 9.17) is 0 Å². The minimum atomic E-state index is -2.67. The molecule has 5 aromatic rings. The normalized spacial score (nSPS) is 14.1. The standard InChI is InChI=1S/C24H20F2N6O/c1-30-13-16-10-17(5-7-18(16)28-30)32-24(33)21(15-4-6-20(23(25)26)27-11-15)22-19(29-32)8-9-31(22)12-14-2-3-14/h4-11,13-14,23H,2-3,12H2,1H3. The predicted molar refractivity (Wildman–Crippen MR) is 121 cm³/mol. The van der Waals surface area contributed by atoms with Crippen molar-refractivity contribution in [2.45, 2.75) is 25.8 Å². The Labute approximate surface area is 186 Å². The van der Waals surface area contributed by atoms with Gasteiger partial charge in [-0.25, -0.2) is 8.78 Å². The van der Waals surface area contributed by atoms with Crippen LogP contribution in [0.4, 0.5) is 8.78 Å². The number of pyridine rings is 1. The largest absolute Gasteiger partial charge is 0.345 e. The van der Waals surface area contributed by atoms with Crippen LogP contribution in [0.25, 0.3) is 38.8 Å². The lowest BCUT2D eigenvalue weighted by Gasteiger charge is -2.13. The Bertz CT molecular complexity index is 1560. The van der Waals surface area contributed by atoms with Gasteiger partial charge in [-0.3, -0.25) is 14.5 Å². The van der Waals surface area contributed by atoms with Crippen molar-refractivity contribution >= 4 is 21.9 Å². The Morgan fingerprint density at radius 3 is 2.67 bits per heavy atom. The average Bonchev–Trinajstić information content (AvgIpc) is 3.41. The summed E-state index contributed by atoms with van der Waals surface area (Å²) in [5.74, 6) is 0.586. The topological polar surface area (TPSA) is 70.5 Å². The number of hydrogen-bond acceptors (Lipinski definition) is 4. The van der Waals surface area contributed by atoms with E-state index < -0.39 is 6.43 Å². The zero-order valence-electron chi connectivity index (χ0n) is 17.8. The first-order chi connectivity index (χ1) is 16.0. The average molecular weight is 446 g/mol. The summed E-state index contributed by atoms with van der Waals surface area (Å²) < 4.78 is 31.3. The molecule has 4 aromatic heterocycles. The summed E-state index contributed by atoms with van der Waals surface area (Å²) >= 11 is 0. The molecule has 0 bridgehead atoms. The second kappa shape index (κ2) is 7.33. The van der Waals surface area contributed by atoms with E-state index in [-0.39, 0.29) is 11.3 Å². The van der Waals surface area contributed by atoms with Gasteiger partial charge in [-0.2, -0.15) is 14.9 Å². The second-order valence-corrected chi connectivity index (χ2v) is 8.56. The van der Waals surface area contributed by atoms with Gasteiger partial charge in [0.05, 0.1) is 22.3 Å². The molecule has 0 radical (unpaired) electrons. The number of alkyl halides is 2. The van der Waals surface area contributed by atoms with Gasteiger partial charge in [0.15, 0.2) is 0 Å². The monoisotopic (exact) mass is 446 g/mol. The molecule has 0 aliphatic heterocycles. The van der Waals surface area contributed by atoms with Gasteiger partial charge in [0.2, 0.25) is 0 Å². The number of aromatic nitrogens is 6. The fourth-order valence-electron chi connectivity index (χ4n) is 4.29. The maximum Gasteiger partial charge on any atom is 0.281 e. The van der Waals surface area contributed by atoms with Crippen LogP contribution in [0.5, 0.6) is 0 Å². The summed E-state index contributed by atoms with van der Waals surface area (Å²) in [6, 6.07) is 10.2. The van der Waals surface area contributed by atoms with Crippen LogP contribution in [-0.4, -0.2) is 29.1 Å². The van der Waals surface area contributed by atoms with Crippen LogP contribution >= 0.6 is 0 Å². The summed E-state index contributed by atoms with van der Waals surface area (Å²) in [7, 11) is 1.84. The number of benzene rings is 1. The summed E-state index contributed by atoms with van der Waals surface area (Å²) in [5, 5.41) is 9.92. The summed E-state index contributed by atoms with van der Waals surface area (Å²) in [6.45, 7) is 0.797. The smallest absolute Gasteiger partial charge is 0.281 e. The molecule has 7 nitrogen and oxygen atoms in total. The van der Waals surface area contributed by atoms with Crippen molar-refractivity contribution in [2.24, 2.45) is 13.0 Å². The summed E-state index contributed by atoms with van der Waals surface area (Å²) in [6.07, 6.45) is 4.82. The maximum atomic E-state index is 13.8. The molecule has 4 heterocycles. The van der Waals surface area contributed by atoms with E-state index in [0.29, 0.717) is 33.8 Å². The predicted octanol–water partition coefficient (Wildman–Crippen LogP) is 4.48. The number of fused-ring (bicyclic) bond motifs is 2. The highest BCUT2D eigenvalue weighted by atomic mass is 19.3. The summed E-state index contributed by atoms with van der Waals surface area (Å²) in [4.78, 5) is 17.7. The molecule has 9 heteroatoms. The molecule has 0 spiro atoms. The highest BCUT2D eigenvalue weighted by molar-refractivity contribution is 5.92. The molecule has 1 saturated carbocycles. The second-order valence-electron chi connectivity index (χ2n) is 8.56. The molecule has 0 N–H and O–H groups in total. The van der Waals surface area contributed by atoms with Crippen LogP contribution in [0.2, 0.25) is 0 Å². The van der Waals surface area contributed by atoms with Crippen LogP contribution in [0.15, 0.2) is 59.8 Å². The van der Waals surface area contributed by atoms with Crippen molar-refractivity contribution in [1.82, 2.24) is 29.1 Å². The Balaban J connectivity index is 1.59. The quantitative estimate of drug-likeness (QED) is 0.399. The Morgan fingerprint density at radius 1 is 1.09 bits per heavy atom. The van der Waals surface area contributed by atoms with Gasteiger partial charge < -0.3 is 4.57 Å². The number of rotatable bonds is 5. The number of nitrogens with zero attached hydrogens (tertiary/aromatic N) is 6. The van der Waals surface area contributed by atoms with Crippen molar-refractivity contribution in [2.75, 3.05) is 0 Å². The molecule has 1 aromatic carbocycles. The molecule has 0 unspecified atom stereocenters. The highest BCUT2D eigenvalue weighted by Crippen LogP contribution is 2.34. The zero-order valence-corrected chi connectivity index (χ0v) is 17.8. The number of halogens is 2. The minimum Gasteiger partial charge on any atom is -0.345 e. The molecular weight excluding hydrogens is 426 g/mol. The third kappa shape index (κ3) is 3.40. The lowest BCUT2D eigenvalue weighted by Crippen LogP contribution is -2.24. The van der Waals surface area contributed by atoms with Crippen molar-refractivity contribution in [3.8, 4) is 16.8 Å². The van der Waals surface area contributed by atoms with Gasteiger partial charge in [-0.1, -0.05) is 6.07 Å². The van der Waals surface area contributed by atoms with Gasteiger partial charge in [0, 0.05) is 43.1 Å². The maximum absolute atomic E-state index is 13.8. The SMILES string of the molecule is Cn1cc2cc(-n3nc4ccn(CC5CC5)c4c(-c4ccc(C(F)F)nc4)c3=O)ccc2n1.